The first-order valence-electron chi connectivity index (χ1n) is 6.89. The van der Waals surface area contributed by atoms with Gasteiger partial charge in [-0.15, -0.1) is 0 Å². The first-order valence-corrected chi connectivity index (χ1v) is 7.27. The average molecular weight is 351 g/mol. The maximum absolute atomic E-state index is 12.2. The van der Waals surface area contributed by atoms with Crippen LogP contribution < -0.4 is 14.8 Å². The lowest BCUT2D eigenvalue weighted by molar-refractivity contribution is -0.384. The molecule has 8 heteroatoms. The highest BCUT2D eigenvalue weighted by Gasteiger charge is 2.15. The fraction of sp³-hybridized carbons (Fsp3) is 0.188. The van der Waals surface area contributed by atoms with Crippen molar-refractivity contribution in [3.8, 4) is 11.5 Å². The number of nitro benzene ring substituents is 1. The van der Waals surface area contributed by atoms with Crippen molar-refractivity contribution >= 4 is 28.9 Å². The smallest absolute Gasteiger partial charge is 0.289 e. The SMILES string of the molecule is COc1ccc(OC)c(CC(=O)Nc2ccc(Cl)c([N+](=O)[O-])c2)c1. The number of hydrogen-bond donors (Lipinski definition) is 1. The number of methoxy groups -OCH3 is 2. The minimum Gasteiger partial charge on any atom is -0.497 e. The quantitative estimate of drug-likeness (QED) is 0.636. The van der Waals surface area contributed by atoms with E-state index in [2.05, 4.69) is 5.32 Å². The highest BCUT2D eigenvalue weighted by Crippen LogP contribution is 2.28. The van der Waals surface area contributed by atoms with Crippen LogP contribution in [0.2, 0.25) is 5.02 Å². The summed E-state index contributed by atoms with van der Waals surface area (Å²) in [4.78, 5) is 22.5. The van der Waals surface area contributed by atoms with Crippen LogP contribution in [-0.2, 0) is 11.2 Å². The van der Waals surface area contributed by atoms with Crippen molar-refractivity contribution in [3.05, 3.63) is 57.1 Å². The van der Waals surface area contributed by atoms with Crippen molar-refractivity contribution in [1.29, 1.82) is 0 Å². The molecule has 126 valence electrons. The van der Waals surface area contributed by atoms with E-state index in [0.717, 1.165) is 0 Å². The van der Waals surface area contributed by atoms with E-state index >= 15 is 0 Å². The van der Waals surface area contributed by atoms with Gasteiger partial charge in [0.1, 0.15) is 16.5 Å². The standard InChI is InChI=1S/C16H15ClN2O5/c1-23-12-4-6-15(24-2)10(7-12)8-16(20)18-11-3-5-13(17)14(9-11)19(21)22/h3-7,9H,8H2,1-2H3,(H,18,20). The molecule has 24 heavy (non-hydrogen) atoms. The van der Waals surface area contributed by atoms with E-state index < -0.39 is 4.92 Å². The molecule has 0 atom stereocenters. The van der Waals surface area contributed by atoms with Crippen molar-refractivity contribution in [3.63, 3.8) is 0 Å². The number of halogens is 1. The first kappa shape index (κ1) is 17.6. The third-order valence-electron chi connectivity index (χ3n) is 3.27. The summed E-state index contributed by atoms with van der Waals surface area (Å²) >= 11 is 5.75. The number of amides is 1. The van der Waals surface area contributed by atoms with Crippen molar-refractivity contribution in [2.45, 2.75) is 6.42 Å². The molecule has 0 aliphatic rings. The van der Waals surface area contributed by atoms with Crippen LogP contribution in [0.25, 0.3) is 0 Å². The zero-order chi connectivity index (χ0) is 17.7. The molecule has 0 saturated carbocycles. The molecular formula is C16H15ClN2O5. The van der Waals surface area contributed by atoms with Gasteiger partial charge >= 0.3 is 0 Å². The fourth-order valence-corrected chi connectivity index (χ4v) is 2.32. The maximum atomic E-state index is 12.2. The number of carbonyl (C=O) groups excluding carboxylic acids is 1. The second-order valence-electron chi connectivity index (χ2n) is 4.83. The van der Waals surface area contributed by atoms with Gasteiger partial charge in [0, 0.05) is 17.3 Å². The number of rotatable bonds is 6. The van der Waals surface area contributed by atoms with E-state index in [-0.39, 0.29) is 28.7 Å². The van der Waals surface area contributed by atoms with Crippen molar-refractivity contribution in [2.75, 3.05) is 19.5 Å². The van der Waals surface area contributed by atoms with Gasteiger partial charge in [0.25, 0.3) is 5.69 Å². The van der Waals surface area contributed by atoms with Gasteiger partial charge in [-0.1, -0.05) is 11.6 Å². The summed E-state index contributed by atoms with van der Waals surface area (Å²) < 4.78 is 10.4. The molecule has 7 nitrogen and oxygen atoms in total. The summed E-state index contributed by atoms with van der Waals surface area (Å²) in [6.07, 6.45) is 0.0246. The van der Waals surface area contributed by atoms with Crippen LogP contribution in [0.3, 0.4) is 0 Å². The molecule has 0 aliphatic heterocycles. The van der Waals surface area contributed by atoms with Gasteiger partial charge in [-0.2, -0.15) is 0 Å². The molecule has 0 saturated heterocycles. The second-order valence-corrected chi connectivity index (χ2v) is 5.23. The lowest BCUT2D eigenvalue weighted by Gasteiger charge is -2.11. The second kappa shape index (κ2) is 7.65. The number of benzene rings is 2. The van der Waals surface area contributed by atoms with E-state index in [4.69, 9.17) is 21.1 Å². The predicted molar refractivity (Wildman–Crippen MR) is 90.0 cm³/mol. The molecule has 2 aromatic carbocycles. The summed E-state index contributed by atoms with van der Waals surface area (Å²) in [5, 5.41) is 13.5. The lowest BCUT2D eigenvalue weighted by atomic mass is 10.1. The van der Waals surface area contributed by atoms with Gasteiger partial charge in [-0.3, -0.25) is 14.9 Å². The molecule has 0 radical (unpaired) electrons. The summed E-state index contributed by atoms with van der Waals surface area (Å²) in [5.74, 6) is 0.798. The van der Waals surface area contributed by atoms with Crippen molar-refractivity contribution in [2.24, 2.45) is 0 Å². The van der Waals surface area contributed by atoms with Crippen LogP contribution in [0, 0.1) is 10.1 Å². The number of nitrogens with one attached hydrogen (secondary N) is 1. The molecule has 0 aromatic heterocycles. The summed E-state index contributed by atoms with van der Waals surface area (Å²) in [7, 11) is 3.03. The molecule has 0 spiro atoms. The van der Waals surface area contributed by atoms with E-state index in [1.807, 2.05) is 0 Å². The first-order chi connectivity index (χ1) is 11.4. The van der Waals surface area contributed by atoms with E-state index in [9.17, 15) is 14.9 Å². The van der Waals surface area contributed by atoms with Gasteiger partial charge in [0.2, 0.25) is 5.91 Å². The Balaban J connectivity index is 2.17. The minimum absolute atomic E-state index is 0.00691. The van der Waals surface area contributed by atoms with Crippen molar-refractivity contribution in [1.82, 2.24) is 0 Å². The van der Waals surface area contributed by atoms with E-state index in [1.54, 1.807) is 18.2 Å². The average Bonchev–Trinajstić information content (AvgIpc) is 2.56. The number of hydrogen-bond acceptors (Lipinski definition) is 5. The Kier molecular flexibility index (Phi) is 5.59. The molecule has 0 aliphatic carbocycles. The van der Waals surface area contributed by atoms with Crippen LogP contribution in [0.15, 0.2) is 36.4 Å². The number of ether oxygens (including phenoxy) is 2. The van der Waals surface area contributed by atoms with Crippen LogP contribution in [-0.4, -0.2) is 25.1 Å². The number of nitro groups is 1. The Labute approximate surface area is 143 Å². The third-order valence-corrected chi connectivity index (χ3v) is 3.58. The van der Waals surface area contributed by atoms with Crippen LogP contribution in [0.5, 0.6) is 11.5 Å². The summed E-state index contributed by atoms with van der Waals surface area (Å²) in [5.41, 5.74) is 0.657. The monoisotopic (exact) mass is 350 g/mol. The third kappa shape index (κ3) is 4.14. The molecule has 0 heterocycles. The van der Waals surface area contributed by atoms with Gasteiger partial charge in [0.05, 0.1) is 25.6 Å². The number of anilines is 1. The summed E-state index contributed by atoms with van der Waals surface area (Å²) in [6, 6.07) is 9.20. The van der Waals surface area contributed by atoms with Gasteiger partial charge in [-0.05, 0) is 30.3 Å². The fourth-order valence-electron chi connectivity index (χ4n) is 2.13. The topological polar surface area (TPSA) is 90.7 Å². The Morgan fingerprint density at radius 3 is 2.58 bits per heavy atom. The lowest BCUT2D eigenvalue weighted by Crippen LogP contribution is -2.15. The molecule has 1 amide bonds. The maximum Gasteiger partial charge on any atom is 0.289 e. The zero-order valence-corrected chi connectivity index (χ0v) is 13.8. The summed E-state index contributed by atoms with van der Waals surface area (Å²) in [6.45, 7) is 0. The van der Waals surface area contributed by atoms with Gasteiger partial charge in [-0.25, -0.2) is 0 Å². The van der Waals surface area contributed by atoms with E-state index in [0.29, 0.717) is 17.1 Å². The molecule has 2 rings (SSSR count). The van der Waals surface area contributed by atoms with Crippen molar-refractivity contribution < 1.29 is 19.2 Å². The van der Waals surface area contributed by atoms with Crippen LogP contribution in [0.4, 0.5) is 11.4 Å². The number of carbonyl (C=O) groups is 1. The minimum atomic E-state index is -0.608. The van der Waals surface area contributed by atoms with Gasteiger partial charge < -0.3 is 14.8 Å². The normalized spacial score (nSPS) is 10.1. The van der Waals surface area contributed by atoms with Crippen LogP contribution >= 0.6 is 11.6 Å². The molecular weight excluding hydrogens is 336 g/mol. The molecule has 0 unspecified atom stereocenters. The number of nitrogens with zero attached hydrogens (tertiary/aromatic N) is 1. The Morgan fingerprint density at radius 2 is 1.96 bits per heavy atom. The van der Waals surface area contributed by atoms with E-state index in [1.165, 1.54) is 32.4 Å². The molecule has 0 bridgehead atoms. The van der Waals surface area contributed by atoms with Crippen LogP contribution in [0.1, 0.15) is 5.56 Å². The Morgan fingerprint density at radius 1 is 1.21 bits per heavy atom. The molecule has 1 N–H and O–H groups in total. The molecule has 2 aromatic rings. The highest BCUT2D eigenvalue weighted by atomic mass is 35.5. The Hall–Kier alpha value is -2.80. The van der Waals surface area contributed by atoms with Gasteiger partial charge in [0.15, 0.2) is 0 Å². The zero-order valence-electron chi connectivity index (χ0n) is 13.0. The largest absolute Gasteiger partial charge is 0.497 e. The Bertz CT molecular complexity index is 779. The highest BCUT2D eigenvalue weighted by molar-refractivity contribution is 6.32. The molecule has 0 fully saturated rings. The predicted octanol–water partition coefficient (Wildman–Crippen LogP) is 3.45.